The zero-order chi connectivity index (χ0) is 25.5. The van der Waals surface area contributed by atoms with Crippen LogP contribution in [0.2, 0.25) is 0 Å². The van der Waals surface area contributed by atoms with Crippen LogP contribution in [0.1, 0.15) is 48.9 Å². The lowest BCUT2D eigenvalue weighted by atomic mass is 9.92. The van der Waals surface area contributed by atoms with Crippen molar-refractivity contribution in [2.45, 2.75) is 50.7 Å². The molecule has 2 aromatic heterocycles. The molecule has 3 aromatic rings. The van der Waals surface area contributed by atoms with Crippen molar-refractivity contribution >= 4 is 34.4 Å². The van der Waals surface area contributed by atoms with Crippen molar-refractivity contribution in [1.29, 1.82) is 5.26 Å². The number of imide groups is 1. The van der Waals surface area contributed by atoms with E-state index in [1.165, 1.54) is 4.90 Å². The van der Waals surface area contributed by atoms with E-state index < -0.39 is 18.1 Å². The molecule has 0 spiro atoms. The summed E-state index contributed by atoms with van der Waals surface area (Å²) < 4.78 is 1.59. The molecule has 0 radical (unpaired) electrons. The standard InChI is InChI=1S/C26H25N7O3/c1-26(2,3)20-11-19(30(4)29-20)23(34)31-13-15-10-18(31)22-24(35)33(25(36)32(15)22)17-8-7-14(12-27)21-16(17)6-5-9-28-21/h5-9,11,15,18,22H,10,13H2,1-4H3. The van der Waals surface area contributed by atoms with E-state index >= 15 is 0 Å². The summed E-state index contributed by atoms with van der Waals surface area (Å²) in [5, 5.41) is 14.5. The molecule has 3 unspecified atom stereocenters. The number of benzene rings is 1. The first-order valence-electron chi connectivity index (χ1n) is 11.9. The van der Waals surface area contributed by atoms with Crippen molar-refractivity contribution in [3.63, 3.8) is 0 Å². The molecule has 10 heteroatoms. The summed E-state index contributed by atoms with van der Waals surface area (Å²) in [7, 11) is 1.75. The predicted octanol–water partition coefficient (Wildman–Crippen LogP) is 2.57. The van der Waals surface area contributed by atoms with E-state index in [1.54, 1.807) is 52.0 Å². The number of carbonyl (C=O) groups is 3. The molecular weight excluding hydrogens is 458 g/mol. The monoisotopic (exact) mass is 483 g/mol. The Morgan fingerprint density at radius 1 is 1.19 bits per heavy atom. The van der Waals surface area contributed by atoms with Gasteiger partial charge in [-0.25, -0.2) is 9.69 Å². The molecule has 2 bridgehead atoms. The average molecular weight is 484 g/mol. The Bertz CT molecular complexity index is 1510. The fourth-order valence-electron chi connectivity index (χ4n) is 5.74. The maximum Gasteiger partial charge on any atom is 0.332 e. The van der Waals surface area contributed by atoms with Gasteiger partial charge in [-0.1, -0.05) is 20.8 Å². The van der Waals surface area contributed by atoms with Crippen molar-refractivity contribution in [3.05, 3.63) is 53.5 Å². The van der Waals surface area contributed by atoms with Crippen LogP contribution in [0.5, 0.6) is 0 Å². The summed E-state index contributed by atoms with van der Waals surface area (Å²) >= 11 is 0. The van der Waals surface area contributed by atoms with Crippen LogP contribution in [0.3, 0.4) is 0 Å². The quantitative estimate of drug-likeness (QED) is 0.518. The Morgan fingerprint density at radius 3 is 2.67 bits per heavy atom. The number of pyridine rings is 1. The largest absolute Gasteiger partial charge is 0.332 e. The van der Waals surface area contributed by atoms with E-state index in [1.807, 2.05) is 26.8 Å². The lowest BCUT2D eigenvalue weighted by molar-refractivity contribution is -0.121. The molecule has 6 rings (SSSR count). The summed E-state index contributed by atoms with van der Waals surface area (Å²) in [6, 6.07) is 8.82. The summed E-state index contributed by atoms with van der Waals surface area (Å²) in [6.07, 6.45) is 2.15. The second-order valence-electron chi connectivity index (χ2n) is 10.7. The highest BCUT2D eigenvalue weighted by atomic mass is 16.2. The number of nitriles is 1. The second kappa shape index (κ2) is 7.37. The van der Waals surface area contributed by atoms with Gasteiger partial charge in [0.05, 0.1) is 34.5 Å². The molecule has 4 amide bonds. The van der Waals surface area contributed by atoms with Gasteiger partial charge in [0.25, 0.3) is 11.8 Å². The number of rotatable bonds is 2. The SMILES string of the molecule is Cn1nc(C(C)(C)C)cc1C(=O)N1CC2CC1C1C(=O)N(c3ccc(C#N)c4ncccc34)C(=O)N21. The zero-order valence-electron chi connectivity index (χ0n) is 20.5. The van der Waals surface area contributed by atoms with E-state index in [0.29, 0.717) is 40.8 Å². The van der Waals surface area contributed by atoms with E-state index in [4.69, 9.17) is 0 Å². The fourth-order valence-corrected chi connectivity index (χ4v) is 5.74. The zero-order valence-corrected chi connectivity index (χ0v) is 20.5. The number of urea groups is 1. The van der Waals surface area contributed by atoms with Crippen LogP contribution in [0, 0.1) is 11.3 Å². The molecule has 36 heavy (non-hydrogen) atoms. The van der Waals surface area contributed by atoms with Gasteiger partial charge in [0.1, 0.15) is 17.8 Å². The minimum atomic E-state index is -0.738. The van der Waals surface area contributed by atoms with Crippen molar-refractivity contribution in [1.82, 2.24) is 24.6 Å². The number of aryl methyl sites for hydroxylation is 1. The fraction of sp³-hybridized carbons (Fsp3) is 0.385. The maximum atomic E-state index is 13.7. The average Bonchev–Trinajstić information content (AvgIpc) is 3.60. The number of hydrogen-bond acceptors (Lipinski definition) is 6. The number of fused-ring (bicyclic) bond motifs is 6. The highest BCUT2D eigenvalue weighted by molar-refractivity contribution is 6.25. The highest BCUT2D eigenvalue weighted by Gasteiger charge is 2.63. The molecular formula is C26H25N7O3. The van der Waals surface area contributed by atoms with E-state index in [9.17, 15) is 19.6 Å². The molecule has 3 aliphatic heterocycles. The third-order valence-corrected chi connectivity index (χ3v) is 7.50. The van der Waals surface area contributed by atoms with Gasteiger partial charge in [0, 0.05) is 30.6 Å². The van der Waals surface area contributed by atoms with Crippen molar-refractivity contribution in [2.75, 3.05) is 11.4 Å². The van der Waals surface area contributed by atoms with Gasteiger partial charge in [0.2, 0.25) is 0 Å². The summed E-state index contributed by atoms with van der Waals surface area (Å²) in [4.78, 5) is 49.6. The smallest absolute Gasteiger partial charge is 0.330 e. The molecule has 0 saturated carbocycles. The van der Waals surface area contributed by atoms with Gasteiger partial charge in [-0.2, -0.15) is 10.4 Å². The molecule has 3 fully saturated rings. The second-order valence-corrected chi connectivity index (χ2v) is 10.7. The molecule has 5 heterocycles. The van der Waals surface area contributed by atoms with Gasteiger partial charge in [0.15, 0.2) is 0 Å². The van der Waals surface area contributed by atoms with E-state index in [-0.39, 0.29) is 23.3 Å². The normalized spacial score (nSPS) is 23.1. The number of nitrogens with zero attached hydrogens (tertiary/aromatic N) is 7. The van der Waals surface area contributed by atoms with Gasteiger partial charge in [-0.3, -0.25) is 19.3 Å². The molecule has 10 nitrogen and oxygen atoms in total. The minimum Gasteiger partial charge on any atom is -0.330 e. The van der Waals surface area contributed by atoms with Crippen LogP contribution in [0.15, 0.2) is 36.5 Å². The summed E-state index contributed by atoms with van der Waals surface area (Å²) in [5.74, 6) is -0.542. The minimum absolute atomic E-state index is 0.181. The highest BCUT2D eigenvalue weighted by Crippen LogP contribution is 2.44. The van der Waals surface area contributed by atoms with Crippen LogP contribution < -0.4 is 4.90 Å². The number of piperazine rings is 1. The predicted molar refractivity (Wildman–Crippen MR) is 130 cm³/mol. The van der Waals surface area contributed by atoms with Crippen molar-refractivity contribution in [2.24, 2.45) is 7.05 Å². The van der Waals surface area contributed by atoms with E-state index in [0.717, 1.165) is 5.69 Å². The number of hydrogen-bond donors (Lipinski definition) is 0. The van der Waals surface area contributed by atoms with Gasteiger partial charge < -0.3 is 9.80 Å². The number of anilines is 1. The van der Waals surface area contributed by atoms with Gasteiger partial charge in [-0.05, 0) is 36.8 Å². The van der Waals surface area contributed by atoms with Gasteiger partial charge in [-0.15, -0.1) is 0 Å². The number of carbonyl (C=O) groups excluding carboxylic acids is 3. The van der Waals surface area contributed by atoms with Crippen LogP contribution in [-0.2, 0) is 17.3 Å². The van der Waals surface area contributed by atoms with E-state index in [2.05, 4.69) is 16.2 Å². The van der Waals surface area contributed by atoms with Crippen LogP contribution >= 0.6 is 0 Å². The lowest BCUT2D eigenvalue weighted by Crippen LogP contribution is -2.55. The molecule has 3 saturated heterocycles. The third kappa shape index (κ3) is 2.92. The first-order chi connectivity index (χ1) is 17.1. The number of aromatic nitrogens is 3. The molecule has 0 aliphatic carbocycles. The topological polar surface area (TPSA) is 115 Å². The summed E-state index contributed by atoms with van der Waals surface area (Å²) in [6.45, 7) is 6.50. The first-order valence-corrected chi connectivity index (χ1v) is 11.9. The maximum absolute atomic E-state index is 13.7. The Kier molecular flexibility index (Phi) is 4.55. The molecule has 182 valence electrons. The Balaban J connectivity index is 1.34. The summed E-state index contributed by atoms with van der Waals surface area (Å²) in [5.41, 5.74) is 2.30. The van der Waals surface area contributed by atoms with Crippen molar-refractivity contribution < 1.29 is 14.4 Å². The van der Waals surface area contributed by atoms with Crippen molar-refractivity contribution in [3.8, 4) is 6.07 Å². The Hall–Kier alpha value is -4.26. The third-order valence-electron chi connectivity index (χ3n) is 7.50. The number of likely N-dealkylation sites (tertiary alicyclic amines) is 1. The molecule has 3 atom stereocenters. The molecule has 3 aliphatic rings. The number of amides is 4. The lowest BCUT2D eigenvalue weighted by Gasteiger charge is -2.34. The first kappa shape index (κ1) is 22.2. The molecule has 0 N–H and O–H groups in total. The van der Waals surface area contributed by atoms with Crippen LogP contribution in [-0.4, -0.2) is 67.1 Å². The Labute approximate surface area is 207 Å². The molecule has 1 aromatic carbocycles. The Morgan fingerprint density at radius 2 is 1.97 bits per heavy atom. The van der Waals surface area contributed by atoms with Gasteiger partial charge >= 0.3 is 6.03 Å². The van der Waals surface area contributed by atoms with Crippen LogP contribution in [0.4, 0.5) is 10.5 Å². The van der Waals surface area contributed by atoms with Crippen LogP contribution in [0.25, 0.3) is 10.9 Å².